The zero-order valence-corrected chi connectivity index (χ0v) is 22.7. The predicted molar refractivity (Wildman–Crippen MR) is 148 cm³/mol. The van der Waals surface area contributed by atoms with Crippen LogP contribution in [0.4, 0.5) is 24.5 Å². The number of carbonyl (C=O) groups is 2. The van der Waals surface area contributed by atoms with E-state index in [0.717, 1.165) is 17.7 Å². The Morgan fingerprint density at radius 2 is 1.63 bits per heavy atom. The molecule has 4 rings (SSSR count). The maximum Gasteiger partial charge on any atom is 0.417 e. The summed E-state index contributed by atoms with van der Waals surface area (Å²) in [6.45, 7) is -0.738. The van der Waals surface area contributed by atoms with Crippen LogP contribution in [0.25, 0.3) is 0 Å². The Kier molecular flexibility index (Phi) is 8.94. The third-order valence-corrected chi connectivity index (χ3v) is 7.90. The Morgan fingerprint density at radius 3 is 2.32 bits per heavy atom. The third-order valence-electron chi connectivity index (χ3n) is 5.78. The number of rotatable bonds is 9. The van der Waals surface area contributed by atoms with Crippen molar-refractivity contribution in [2.24, 2.45) is 0 Å². The summed E-state index contributed by atoms with van der Waals surface area (Å²) < 4.78 is 68.3. The van der Waals surface area contributed by atoms with E-state index in [1.165, 1.54) is 36.4 Å². The van der Waals surface area contributed by atoms with Gasteiger partial charge in [-0.2, -0.15) is 13.2 Å². The lowest BCUT2D eigenvalue weighted by Gasteiger charge is -2.25. The van der Waals surface area contributed by atoms with E-state index in [2.05, 4.69) is 15.6 Å². The lowest BCUT2D eigenvalue weighted by atomic mass is 10.1. The van der Waals surface area contributed by atoms with Crippen LogP contribution in [0.2, 0.25) is 5.02 Å². The first-order chi connectivity index (χ1) is 19.5. The molecule has 0 aliphatic rings. The Labute approximate surface area is 238 Å². The number of aromatic nitrogens is 1. The van der Waals surface area contributed by atoms with Crippen LogP contribution in [0, 0.1) is 0 Å². The summed E-state index contributed by atoms with van der Waals surface area (Å²) in [5.41, 5.74) is -0.784. The van der Waals surface area contributed by atoms with Crippen LogP contribution in [0.1, 0.15) is 21.5 Å². The Balaban J connectivity index is 1.63. The number of halogens is 4. The molecule has 41 heavy (non-hydrogen) atoms. The maximum atomic E-state index is 13.6. The lowest BCUT2D eigenvalue weighted by Crippen LogP contribution is -2.38. The first-order valence-electron chi connectivity index (χ1n) is 12.0. The number of pyridine rings is 1. The van der Waals surface area contributed by atoms with E-state index in [9.17, 15) is 31.2 Å². The quantitative estimate of drug-likeness (QED) is 0.262. The molecular weight excluding hydrogens is 581 g/mol. The molecule has 1 heterocycles. The molecule has 0 aliphatic carbocycles. The number of sulfonamides is 1. The average Bonchev–Trinajstić information content (AvgIpc) is 2.95. The number of alkyl halides is 3. The van der Waals surface area contributed by atoms with Crippen LogP contribution in [-0.4, -0.2) is 31.8 Å². The van der Waals surface area contributed by atoms with E-state index in [1.807, 2.05) is 0 Å². The molecule has 0 saturated heterocycles. The van der Waals surface area contributed by atoms with Gasteiger partial charge >= 0.3 is 6.18 Å². The summed E-state index contributed by atoms with van der Waals surface area (Å²) >= 11 is 5.73. The van der Waals surface area contributed by atoms with E-state index < -0.39 is 50.8 Å². The number of carbonyl (C=O) groups excluding carboxylic acids is 2. The standard InChI is InChI=1S/C28H22ClF3N4O4S/c29-24-13-12-20(15-23(24)28(30,31)32)36(41(39,40)21-8-2-1-3-9-21)18-26(37)35-25-11-5-4-10-22(25)27(38)34-17-19-7-6-14-33-16-19/h1-16H,17-18H2,(H,34,38)(H,35,37). The highest BCUT2D eigenvalue weighted by Crippen LogP contribution is 2.38. The molecule has 0 bridgehead atoms. The van der Waals surface area contributed by atoms with Crippen LogP contribution in [-0.2, 0) is 27.5 Å². The minimum Gasteiger partial charge on any atom is -0.348 e. The molecule has 0 saturated carbocycles. The number of para-hydroxylation sites is 1. The van der Waals surface area contributed by atoms with Crippen molar-refractivity contribution in [3.05, 3.63) is 119 Å². The van der Waals surface area contributed by atoms with Gasteiger partial charge in [-0.3, -0.25) is 18.9 Å². The summed E-state index contributed by atoms with van der Waals surface area (Å²) in [5, 5.41) is 4.58. The molecule has 4 aromatic rings. The fourth-order valence-corrected chi connectivity index (χ4v) is 5.47. The van der Waals surface area contributed by atoms with Crippen LogP contribution < -0.4 is 14.9 Å². The van der Waals surface area contributed by atoms with Crippen molar-refractivity contribution in [2.75, 3.05) is 16.2 Å². The number of benzene rings is 3. The molecule has 0 fully saturated rings. The number of hydrogen-bond acceptors (Lipinski definition) is 5. The largest absolute Gasteiger partial charge is 0.417 e. The molecule has 0 unspecified atom stereocenters. The zero-order chi connectivity index (χ0) is 29.6. The van der Waals surface area contributed by atoms with Crippen molar-refractivity contribution in [2.45, 2.75) is 17.6 Å². The molecule has 3 aromatic carbocycles. The minimum absolute atomic E-state index is 0.0744. The molecule has 0 atom stereocenters. The smallest absolute Gasteiger partial charge is 0.348 e. The van der Waals surface area contributed by atoms with E-state index in [0.29, 0.717) is 10.4 Å². The van der Waals surface area contributed by atoms with Gasteiger partial charge in [0.15, 0.2) is 0 Å². The maximum absolute atomic E-state index is 13.6. The molecule has 0 spiro atoms. The fraction of sp³-hybridized carbons (Fsp3) is 0.107. The number of anilines is 2. The van der Waals surface area contributed by atoms with Crippen LogP contribution in [0.15, 0.2) is 102 Å². The molecule has 212 valence electrons. The molecule has 0 radical (unpaired) electrons. The SMILES string of the molecule is O=C(CN(c1ccc(Cl)c(C(F)(F)F)c1)S(=O)(=O)c1ccccc1)Nc1ccccc1C(=O)NCc1cccnc1. The van der Waals surface area contributed by atoms with Crippen molar-refractivity contribution >= 4 is 44.8 Å². The van der Waals surface area contributed by atoms with E-state index in [1.54, 1.807) is 42.7 Å². The van der Waals surface area contributed by atoms with Gasteiger partial charge in [0.05, 0.1) is 32.4 Å². The van der Waals surface area contributed by atoms with E-state index >= 15 is 0 Å². The fourth-order valence-electron chi connectivity index (χ4n) is 3.81. The van der Waals surface area contributed by atoms with Gasteiger partial charge in [-0.15, -0.1) is 0 Å². The number of hydrogen-bond donors (Lipinski definition) is 2. The second-order valence-electron chi connectivity index (χ2n) is 8.62. The van der Waals surface area contributed by atoms with Gasteiger partial charge in [-0.05, 0) is 54.1 Å². The van der Waals surface area contributed by atoms with Gasteiger partial charge in [0.2, 0.25) is 5.91 Å². The van der Waals surface area contributed by atoms with Crippen LogP contribution in [0.5, 0.6) is 0 Å². The summed E-state index contributed by atoms with van der Waals surface area (Å²) in [6.07, 6.45) is -1.71. The predicted octanol–water partition coefficient (Wildman–Crippen LogP) is 5.52. The van der Waals surface area contributed by atoms with Crippen molar-refractivity contribution in [1.82, 2.24) is 10.3 Å². The highest BCUT2D eigenvalue weighted by Gasteiger charge is 2.35. The van der Waals surface area contributed by atoms with E-state index in [-0.39, 0.29) is 22.7 Å². The zero-order valence-electron chi connectivity index (χ0n) is 21.1. The van der Waals surface area contributed by atoms with Gasteiger partial charge in [0, 0.05) is 18.9 Å². The highest BCUT2D eigenvalue weighted by atomic mass is 35.5. The summed E-state index contributed by atoms with van der Waals surface area (Å²) in [5.74, 6) is -1.42. The molecule has 13 heteroatoms. The van der Waals surface area contributed by atoms with Crippen molar-refractivity contribution in [3.8, 4) is 0 Å². The van der Waals surface area contributed by atoms with E-state index in [4.69, 9.17) is 11.6 Å². The molecule has 2 amide bonds. The van der Waals surface area contributed by atoms with Crippen LogP contribution >= 0.6 is 11.6 Å². The Hall–Kier alpha value is -4.42. The number of nitrogens with zero attached hydrogens (tertiary/aromatic N) is 2. The second kappa shape index (κ2) is 12.4. The topological polar surface area (TPSA) is 108 Å². The summed E-state index contributed by atoms with van der Waals surface area (Å²) in [7, 11) is -4.51. The van der Waals surface area contributed by atoms with Crippen molar-refractivity contribution in [3.63, 3.8) is 0 Å². The Bertz CT molecular complexity index is 1650. The molecular formula is C28H22ClF3N4O4S. The molecule has 2 N–H and O–H groups in total. The number of amides is 2. The summed E-state index contributed by atoms with van der Waals surface area (Å²) in [4.78, 5) is 29.8. The minimum atomic E-state index is -4.88. The van der Waals surface area contributed by atoms with Crippen LogP contribution in [0.3, 0.4) is 0 Å². The second-order valence-corrected chi connectivity index (χ2v) is 10.9. The van der Waals surface area contributed by atoms with Gasteiger partial charge in [0.1, 0.15) is 6.54 Å². The number of nitrogens with one attached hydrogen (secondary N) is 2. The molecule has 0 aliphatic heterocycles. The first-order valence-corrected chi connectivity index (χ1v) is 13.8. The van der Waals surface area contributed by atoms with Gasteiger partial charge in [0.25, 0.3) is 15.9 Å². The monoisotopic (exact) mass is 602 g/mol. The van der Waals surface area contributed by atoms with Crippen molar-refractivity contribution < 1.29 is 31.2 Å². The third kappa shape index (κ3) is 7.21. The van der Waals surface area contributed by atoms with Gasteiger partial charge < -0.3 is 10.6 Å². The van der Waals surface area contributed by atoms with Crippen molar-refractivity contribution in [1.29, 1.82) is 0 Å². The molecule has 8 nitrogen and oxygen atoms in total. The summed E-state index contributed by atoms with van der Waals surface area (Å²) in [6, 6.07) is 19.0. The first kappa shape index (κ1) is 29.6. The Morgan fingerprint density at radius 1 is 0.927 bits per heavy atom. The van der Waals surface area contributed by atoms with Gasteiger partial charge in [-0.25, -0.2) is 8.42 Å². The molecule has 1 aromatic heterocycles. The lowest BCUT2D eigenvalue weighted by molar-refractivity contribution is -0.137. The average molecular weight is 603 g/mol. The normalized spacial score (nSPS) is 11.5. The van der Waals surface area contributed by atoms with Gasteiger partial charge in [-0.1, -0.05) is 48.0 Å². The highest BCUT2D eigenvalue weighted by molar-refractivity contribution is 7.92.